The lowest BCUT2D eigenvalue weighted by Gasteiger charge is -2.01. The van der Waals surface area contributed by atoms with Gasteiger partial charge in [0.2, 0.25) is 0 Å². The highest BCUT2D eigenvalue weighted by atomic mass is 16.5. The predicted octanol–water partition coefficient (Wildman–Crippen LogP) is 1.02. The smallest absolute Gasteiger partial charge is 0.385 e. The van der Waals surface area contributed by atoms with Crippen LogP contribution in [0.5, 0.6) is 0 Å². The summed E-state index contributed by atoms with van der Waals surface area (Å²) in [6.45, 7) is 4.07. The van der Waals surface area contributed by atoms with Crippen LogP contribution >= 0.6 is 0 Å². The molecule has 0 bridgehead atoms. The maximum absolute atomic E-state index is 10.9. The summed E-state index contributed by atoms with van der Waals surface area (Å²) in [5.74, 6) is 15.2. The lowest BCUT2D eigenvalue weighted by molar-refractivity contribution is -0.135. The molecule has 0 spiro atoms. The van der Waals surface area contributed by atoms with E-state index < -0.39 is 5.97 Å². The summed E-state index contributed by atoms with van der Waals surface area (Å²) < 4.78 is 20.1. The molecule has 0 N–H and O–H groups in total. The Morgan fingerprint density at radius 3 is 1.95 bits per heavy atom. The molecule has 0 aliphatic rings. The van der Waals surface area contributed by atoms with Gasteiger partial charge in [-0.05, 0) is 19.8 Å². The van der Waals surface area contributed by atoms with Gasteiger partial charge in [-0.1, -0.05) is 29.6 Å². The molecule has 0 amide bonds. The van der Waals surface area contributed by atoms with E-state index in [0.29, 0.717) is 33.0 Å². The molecular formula is C17H22O5. The van der Waals surface area contributed by atoms with Crippen molar-refractivity contribution in [3.05, 3.63) is 0 Å². The molecule has 0 radical (unpaired) electrons. The molecule has 0 aromatic heterocycles. The summed E-state index contributed by atoms with van der Waals surface area (Å²) in [6, 6.07) is 0. The second-order valence-corrected chi connectivity index (χ2v) is 3.90. The van der Waals surface area contributed by atoms with Gasteiger partial charge in [-0.15, -0.1) is 0 Å². The van der Waals surface area contributed by atoms with Crippen molar-refractivity contribution < 1.29 is 23.7 Å². The number of carbonyl (C=O) groups excluding carboxylic acids is 1. The van der Waals surface area contributed by atoms with Gasteiger partial charge in [0.05, 0.1) is 0 Å². The standard InChI is InChI=1S/C17H22O5/c1-3-10-17(18)22-16-9-8-15-21-14-7-6-13-20-12-5-4-11-19-2/h6-7,11-16H2,1-2H3. The van der Waals surface area contributed by atoms with Crippen LogP contribution < -0.4 is 0 Å². The predicted molar refractivity (Wildman–Crippen MR) is 82.7 cm³/mol. The molecule has 5 nitrogen and oxygen atoms in total. The minimum atomic E-state index is -0.565. The highest BCUT2D eigenvalue weighted by Gasteiger charge is 1.92. The highest BCUT2D eigenvalue weighted by molar-refractivity contribution is 5.88. The molecule has 120 valence electrons. The number of esters is 1. The minimum Gasteiger partial charge on any atom is -0.443 e. The van der Waals surface area contributed by atoms with Crippen molar-refractivity contribution in [1.82, 2.24) is 0 Å². The summed E-state index contributed by atoms with van der Waals surface area (Å²) in [4.78, 5) is 10.9. The van der Waals surface area contributed by atoms with E-state index in [1.807, 2.05) is 0 Å². The summed E-state index contributed by atoms with van der Waals surface area (Å²) in [5, 5.41) is 0. The van der Waals surface area contributed by atoms with E-state index in [-0.39, 0.29) is 6.61 Å². The maximum atomic E-state index is 10.9. The quantitative estimate of drug-likeness (QED) is 0.275. The van der Waals surface area contributed by atoms with E-state index >= 15 is 0 Å². The first-order valence-corrected chi connectivity index (χ1v) is 6.96. The third-order valence-electron chi connectivity index (χ3n) is 2.14. The van der Waals surface area contributed by atoms with Crippen LogP contribution in [0.1, 0.15) is 19.8 Å². The first-order valence-electron chi connectivity index (χ1n) is 6.96. The second-order valence-electron chi connectivity index (χ2n) is 3.90. The zero-order chi connectivity index (χ0) is 16.3. The molecule has 0 rings (SSSR count). The van der Waals surface area contributed by atoms with Crippen LogP contribution in [0, 0.1) is 35.5 Å². The Morgan fingerprint density at radius 1 is 0.864 bits per heavy atom. The van der Waals surface area contributed by atoms with Crippen LogP contribution in [0.2, 0.25) is 0 Å². The molecule has 0 heterocycles. The Morgan fingerprint density at radius 2 is 1.41 bits per heavy atom. The molecule has 22 heavy (non-hydrogen) atoms. The molecular weight excluding hydrogens is 284 g/mol. The van der Waals surface area contributed by atoms with Crippen LogP contribution in [0.15, 0.2) is 0 Å². The molecule has 0 fully saturated rings. The van der Waals surface area contributed by atoms with E-state index in [1.54, 1.807) is 14.0 Å². The molecule has 0 saturated carbocycles. The van der Waals surface area contributed by atoms with Crippen molar-refractivity contribution in [2.45, 2.75) is 19.8 Å². The van der Waals surface area contributed by atoms with Gasteiger partial charge < -0.3 is 18.9 Å². The number of carbonyl (C=O) groups is 1. The molecule has 5 heteroatoms. The molecule has 0 aromatic rings. The van der Waals surface area contributed by atoms with Crippen LogP contribution in [0.4, 0.5) is 0 Å². The average Bonchev–Trinajstić information content (AvgIpc) is 2.51. The summed E-state index contributed by atoms with van der Waals surface area (Å²) in [6.07, 6.45) is 1.81. The van der Waals surface area contributed by atoms with Crippen molar-refractivity contribution in [2.24, 2.45) is 0 Å². The third kappa shape index (κ3) is 16.1. The molecule has 0 aliphatic carbocycles. The fourth-order valence-corrected chi connectivity index (χ4v) is 1.17. The average molecular weight is 306 g/mol. The van der Waals surface area contributed by atoms with Gasteiger partial charge in [0, 0.05) is 26.2 Å². The Labute approximate surface area is 132 Å². The molecule has 0 unspecified atom stereocenters. The summed E-state index contributed by atoms with van der Waals surface area (Å²) in [7, 11) is 1.60. The number of hydrogen-bond acceptors (Lipinski definition) is 5. The monoisotopic (exact) mass is 306 g/mol. The molecule has 0 aromatic carbocycles. The van der Waals surface area contributed by atoms with Gasteiger partial charge in [-0.25, -0.2) is 4.79 Å². The Balaban J connectivity index is 3.29. The van der Waals surface area contributed by atoms with Crippen molar-refractivity contribution in [1.29, 1.82) is 0 Å². The second kappa shape index (κ2) is 17.1. The van der Waals surface area contributed by atoms with E-state index in [0.717, 1.165) is 12.8 Å². The van der Waals surface area contributed by atoms with Crippen LogP contribution in [0.3, 0.4) is 0 Å². The van der Waals surface area contributed by atoms with Gasteiger partial charge in [0.15, 0.2) is 6.61 Å². The highest BCUT2D eigenvalue weighted by Crippen LogP contribution is 1.91. The zero-order valence-electron chi connectivity index (χ0n) is 13.2. The van der Waals surface area contributed by atoms with Gasteiger partial charge in [0.1, 0.15) is 19.8 Å². The van der Waals surface area contributed by atoms with Crippen LogP contribution in [-0.4, -0.2) is 52.7 Å². The maximum Gasteiger partial charge on any atom is 0.385 e. The zero-order valence-corrected chi connectivity index (χ0v) is 13.2. The van der Waals surface area contributed by atoms with Gasteiger partial charge in [0.25, 0.3) is 0 Å². The Bertz CT molecular complexity index is 464. The lowest BCUT2D eigenvalue weighted by atomic mass is 10.3. The number of hydrogen-bond donors (Lipinski definition) is 0. The number of methoxy groups -OCH3 is 1. The fourth-order valence-electron chi connectivity index (χ4n) is 1.17. The molecule has 0 aliphatic heterocycles. The van der Waals surface area contributed by atoms with E-state index in [2.05, 4.69) is 35.5 Å². The van der Waals surface area contributed by atoms with Crippen molar-refractivity contribution in [3.63, 3.8) is 0 Å². The SMILES string of the molecule is CC#CC(=O)OCC#CCOCCCCOCC#CCOC. The number of ether oxygens (including phenoxy) is 4. The van der Waals surface area contributed by atoms with Gasteiger partial charge in [-0.3, -0.25) is 0 Å². The fraction of sp³-hybridized carbons (Fsp3) is 0.588. The third-order valence-corrected chi connectivity index (χ3v) is 2.14. The Kier molecular flexibility index (Phi) is 15.6. The molecule has 0 atom stereocenters. The van der Waals surface area contributed by atoms with E-state index in [4.69, 9.17) is 18.9 Å². The lowest BCUT2D eigenvalue weighted by Crippen LogP contribution is -2.02. The van der Waals surface area contributed by atoms with Crippen molar-refractivity contribution >= 4 is 5.97 Å². The van der Waals surface area contributed by atoms with Gasteiger partial charge in [-0.2, -0.15) is 0 Å². The van der Waals surface area contributed by atoms with Gasteiger partial charge >= 0.3 is 5.97 Å². The van der Waals surface area contributed by atoms with Crippen molar-refractivity contribution in [2.75, 3.05) is 46.8 Å². The first kappa shape index (κ1) is 20.0. The van der Waals surface area contributed by atoms with E-state index in [1.165, 1.54) is 0 Å². The normalized spacial score (nSPS) is 8.64. The molecule has 0 saturated heterocycles. The van der Waals surface area contributed by atoms with E-state index in [9.17, 15) is 4.79 Å². The minimum absolute atomic E-state index is 0.0365. The topological polar surface area (TPSA) is 54.0 Å². The Hall–Kier alpha value is -1.97. The summed E-state index contributed by atoms with van der Waals surface area (Å²) >= 11 is 0. The summed E-state index contributed by atoms with van der Waals surface area (Å²) in [5.41, 5.74) is 0. The van der Waals surface area contributed by atoms with Crippen LogP contribution in [0.25, 0.3) is 0 Å². The number of rotatable bonds is 9. The first-order chi connectivity index (χ1) is 10.8. The number of unbranched alkanes of at least 4 members (excludes halogenated alkanes) is 1. The largest absolute Gasteiger partial charge is 0.443 e. The van der Waals surface area contributed by atoms with Crippen molar-refractivity contribution in [3.8, 4) is 35.5 Å². The van der Waals surface area contributed by atoms with Crippen LogP contribution in [-0.2, 0) is 23.7 Å².